The molecule has 0 saturated carbocycles. The molecule has 4 nitrogen and oxygen atoms in total. The van der Waals surface area contributed by atoms with Crippen LogP contribution in [0.1, 0.15) is 45.6 Å². The Hall–Kier alpha value is -1.93. The number of hydrogen-bond acceptors (Lipinski definition) is 4. The Morgan fingerprint density at radius 2 is 2.08 bits per heavy atom. The van der Waals surface area contributed by atoms with Gasteiger partial charge in [0, 0.05) is 12.0 Å². The van der Waals surface area contributed by atoms with Crippen molar-refractivity contribution in [2.75, 3.05) is 13.2 Å². The summed E-state index contributed by atoms with van der Waals surface area (Å²) in [5.41, 5.74) is -0.391. The van der Waals surface area contributed by atoms with E-state index in [9.17, 15) is 14.4 Å². The Labute approximate surface area is 142 Å². The Morgan fingerprint density at radius 1 is 1.42 bits per heavy atom. The van der Waals surface area contributed by atoms with Gasteiger partial charge in [-0.1, -0.05) is 19.1 Å². The monoisotopic (exact) mass is 333 g/mol. The van der Waals surface area contributed by atoms with Crippen LogP contribution in [0.4, 0.5) is 4.39 Å². The summed E-state index contributed by atoms with van der Waals surface area (Å²) in [6, 6.07) is 8.22. The van der Waals surface area contributed by atoms with E-state index in [-0.39, 0.29) is 12.4 Å². The lowest BCUT2D eigenvalue weighted by atomic mass is 9.61. The minimum atomic E-state index is -0.947. The van der Waals surface area contributed by atoms with E-state index in [0.29, 0.717) is 19.4 Å². The van der Waals surface area contributed by atoms with Crippen molar-refractivity contribution in [3.05, 3.63) is 35.6 Å². The van der Waals surface area contributed by atoms with Crippen molar-refractivity contribution < 1.29 is 18.7 Å². The predicted molar refractivity (Wildman–Crippen MR) is 87.7 cm³/mol. The van der Waals surface area contributed by atoms with Gasteiger partial charge in [-0.25, -0.2) is 4.39 Å². The number of nitrogens with zero attached hydrogens (tertiary/aromatic N) is 1. The average molecular weight is 333 g/mol. The van der Waals surface area contributed by atoms with Gasteiger partial charge >= 0.3 is 5.97 Å². The second-order valence-corrected chi connectivity index (χ2v) is 6.56. The number of carbonyl (C=O) groups is 1. The van der Waals surface area contributed by atoms with Crippen LogP contribution in [0.5, 0.6) is 0 Å². The molecule has 1 aliphatic rings. The Kier molecular flexibility index (Phi) is 5.61. The molecule has 24 heavy (non-hydrogen) atoms. The van der Waals surface area contributed by atoms with E-state index in [4.69, 9.17) is 9.47 Å². The van der Waals surface area contributed by atoms with Crippen molar-refractivity contribution in [3.8, 4) is 6.07 Å². The van der Waals surface area contributed by atoms with Gasteiger partial charge in [-0.3, -0.25) is 4.79 Å². The fourth-order valence-corrected chi connectivity index (χ4v) is 3.58. The Bertz CT molecular complexity index is 624. The molecule has 0 unspecified atom stereocenters. The number of carbonyl (C=O) groups excluding carboxylic acids is 1. The molecule has 1 saturated heterocycles. The first kappa shape index (κ1) is 18.4. The van der Waals surface area contributed by atoms with Crippen molar-refractivity contribution in [2.24, 2.45) is 5.92 Å². The van der Waals surface area contributed by atoms with Crippen LogP contribution < -0.4 is 0 Å². The summed E-state index contributed by atoms with van der Waals surface area (Å²) < 4.78 is 24.4. The molecule has 0 spiro atoms. The van der Waals surface area contributed by atoms with Crippen molar-refractivity contribution in [2.45, 2.75) is 51.0 Å². The standard InChI is InChI=1S/C19H24FNO3/c1-4-18(3)13-19(10-11-24-18,14-6-8-15(20)9-7-14)16(12-21)17(22)23-5-2/h6-9,16H,4-5,10-11,13H2,1-3H3/t16-,18+,19+/m1/s1. The van der Waals surface area contributed by atoms with Gasteiger partial charge in [0.15, 0.2) is 5.92 Å². The maximum Gasteiger partial charge on any atom is 0.324 e. The molecular formula is C19H24FNO3. The zero-order chi connectivity index (χ0) is 17.8. The molecular weight excluding hydrogens is 309 g/mol. The minimum absolute atomic E-state index is 0.220. The number of rotatable bonds is 5. The first-order valence-electron chi connectivity index (χ1n) is 8.37. The largest absolute Gasteiger partial charge is 0.465 e. The number of nitriles is 1. The maximum absolute atomic E-state index is 13.4. The lowest BCUT2D eigenvalue weighted by Gasteiger charge is -2.47. The molecule has 0 bridgehead atoms. The number of hydrogen-bond donors (Lipinski definition) is 0. The topological polar surface area (TPSA) is 59.3 Å². The van der Waals surface area contributed by atoms with Gasteiger partial charge in [0.1, 0.15) is 5.82 Å². The predicted octanol–water partition coefficient (Wildman–Crippen LogP) is 3.75. The summed E-state index contributed by atoms with van der Waals surface area (Å²) in [5, 5.41) is 9.73. The van der Waals surface area contributed by atoms with Crippen molar-refractivity contribution in [1.29, 1.82) is 5.26 Å². The normalized spacial score (nSPS) is 28.0. The summed E-state index contributed by atoms with van der Waals surface area (Å²) in [6.07, 6.45) is 1.79. The van der Waals surface area contributed by atoms with Crippen LogP contribution in [0.25, 0.3) is 0 Å². The van der Waals surface area contributed by atoms with Gasteiger partial charge < -0.3 is 9.47 Å². The molecule has 3 atom stereocenters. The molecule has 0 N–H and O–H groups in total. The molecule has 130 valence electrons. The fraction of sp³-hybridized carbons (Fsp3) is 0.579. The quantitative estimate of drug-likeness (QED) is 0.770. The summed E-state index contributed by atoms with van der Waals surface area (Å²) >= 11 is 0. The SMILES string of the molecule is CCOC(=O)[C@@H](C#N)[C@@]1(c2ccc(F)cc2)CCO[C@@](C)(CC)C1. The molecule has 0 radical (unpaired) electrons. The summed E-state index contributed by atoms with van der Waals surface area (Å²) in [4.78, 5) is 12.5. The second-order valence-electron chi connectivity index (χ2n) is 6.56. The molecule has 0 aliphatic carbocycles. The van der Waals surface area contributed by atoms with Crippen LogP contribution in [0.15, 0.2) is 24.3 Å². The molecule has 5 heteroatoms. The average Bonchev–Trinajstić information content (AvgIpc) is 2.56. The van der Waals surface area contributed by atoms with Crippen molar-refractivity contribution in [1.82, 2.24) is 0 Å². The smallest absolute Gasteiger partial charge is 0.324 e. The highest BCUT2D eigenvalue weighted by molar-refractivity contribution is 5.77. The van der Waals surface area contributed by atoms with E-state index in [1.165, 1.54) is 12.1 Å². The van der Waals surface area contributed by atoms with Crippen LogP contribution in [-0.4, -0.2) is 24.8 Å². The number of halogens is 1. The van der Waals surface area contributed by atoms with Gasteiger partial charge in [0.25, 0.3) is 0 Å². The molecule has 1 heterocycles. The number of benzene rings is 1. The third-order valence-electron chi connectivity index (χ3n) is 5.06. The first-order chi connectivity index (χ1) is 11.4. The van der Waals surface area contributed by atoms with E-state index < -0.39 is 22.9 Å². The van der Waals surface area contributed by atoms with Crippen molar-refractivity contribution >= 4 is 5.97 Å². The van der Waals surface area contributed by atoms with Crippen molar-refractivity contribution in [3.63, 3.8) is 0 Å². The highest BCUT2D eigenvalue weighted by Gasteiger charge is 2.51. The number of ether oxygens (including phenoxy) is 2. The minimum Gasteiger partial charge on any atom is -0.465 e. The van der Waals surface area contributed by atoms with Crippen LogP contribution in [-0.2, 0) is 19.7 Å². The second kappa shape index (κ2) is 7.31. The molecule has 1 aliphatic heterocycles. The molecule has 0 amide bonds. The third kappa shape index (κ3) is 3.44. The lowest BCUT2D eigenvalue weighted by molar-refractivity contribution is -0.154. The van der Waals surface area contributed by atoms with E-state index in [0.717, 1.165) is 12.0 Å². The van der Waals surface area contributed by atoms with E-state index in [1.807, 2.05) is 13.8 Å². The molecule has 2 rings (SSSR count). The summed E-state index contributed by atoms with van der Waals surface area (Å²) in [7, 11) is 0. The molecule has 1 fully saturated rings. The zero-order valence-electron chi connectivity index (χ0n) is 14.5. The number of esters is 1. The highest BCUT2D eigenvalue weighted by Crippen LogP contribution is 2.48. The maximum atomic E-state index is 13.4. The zero-order valence-corrected chi connectivity index (χ0v) is 14.5. The van der Waals surface area contributed by atoms with E-state index in [1.54, 1.807) is 19.1 Å². The van der Waals surface area contributed by atoms with Gasteiger partial charge in [0.05, 0.1) is 18.3 Å². The molecule has 1 aromatic carbocycles. The van der Waals surface area contributed by atoms with Gasteiger partial charge in [-0.05, 0) is 50.8 Å². The highest BCUT2D eigenvalue weighted by atomic mass is 19.1. The van der Waals surface area contributed by atoms with Crippen LogP contribution in [0, 0.1) is 23.1 Å². The third-order valence-corrected chi connectivity index (χ3v) is 5.06. The fourth-order valence-electron chi connectivity index (χ4n) is 3.58. The lowest BCUT2D eigenvalue weighted by Crippen LogP contribution is -2.51. The molecule has 1 aromatic rings. The van der Waals surface area contributed by atoms with Gasteiger partial charge in [0.2, 0.25) is 0 Å². The van der Waals surface area contributed by atoms with Gasteiger partial charge in [-0.2, -0.15) is 5.26 Å². The summed E-state index contributed by atoms with van der Waals surface area (Å²) in [6.45, 7) is 6.39. The van der Waals surface area contributed by atoms with Crippen LogP contribution in [0.3, 0.4) is 0 Å². The van der Waals surface area contributed by atoms with E-state index in [2.05, 4.69) is 6.07 Å². The Morgan fingerprint density at radius 3 is 2.62 bits per heavy atom. The summed E-state index contributed by atoms with van der Waals surface area (Å²) in [5.74, 6) is -1.81. The first-order valence-corrected chi connectivity index (χ1v) is 8.37. The Balaban J connectivity index is 2.54. The van der Waals surface area contributed by atoms with Gasteiger partial charge in [-0.15, -0.1) is 0 Å². The van der Waals surface area contributed by atoms with E-state index >= 15 is 0 Å². The van der Waals surface area contributed by atoms with Crippen LogP contribution in [0.2, 0.25) is 0 Å². The van der Waals surface area contributed by atoms with Crippen LogP contribution >= 0.6 is 0 Å². The molecule has 0 aromatic heterocycles.